The van der Waals surface area contributed by atoms with Gasteiger partial charge in [-0.05, 0) is 49.2 Å². The quantitative estimate of drug-likeness (QED) is 0.857. The third-order valence-electron chi connectivity index (χ3n) is 2.99. The molecule has 0 aliphatic carbocycles. The number of nitrogens with one attached hydrogen (secondary N) is 1. The molecule has 0 fully saturated rings. The molecule has 0 aromatic heterocycles. The summed E-state index contributed by atoms with van der Waals surface area (Å²) in [6.45, 7) is 5.47. The van der Waals surface area contributed by atoms with Gasteiger partial charge in [-0.3, -0.25) is 0 Å². The van der Waals surface area contributed by atoms with Gasteiger partial charge in [-0.25, -0.2) is 0 Å². The smallest absolute Gasteiger partial charge is 0.119 e. The van der Waals surface area contributed by atoms with E-state index in [1.165, 1.54) is 5.56 Å². The van der Waals surface area contributed by atoms with Crippen molar-refractivity contribution in [2.75, 3.05) is 11.9 Å². The van der Waals surface area contributed by atoms with E-state index in [-0.39, 0.29) is 0 Å². The topological polar surface area (TPSA) is 21.3 Å². The van der Waals surface area contributed by atoms with Gasteiger partial charge in [-0.2, -0.15) is 0 Å². The lowest BCUT2D eigenvalue weighted by Crippen LogP contribution is -2.01. The van der Waals surface area contributed by atoms with E-state index in [4.69, 9.17) is 16.3 Å². The van der Waals surface area contributed by atoms with Crippen LogP contribution in [0, 0.1) is 6.92 Å². The zero-order chi connectivity index (χ0) is 13.7. The van der Waals surface area contributed by atoms with E-state index in [2.05, 4.69) is 17.4 Å². The van der Waals surface area contributed by atoms with Crippen molar-refractivity contribution in [2.24, 2.45) is 0 Å². The second-order valence-corrected chi connectivity index (χ2v) is 4.75. The third kappa shape index (κ3) is 3.65. The van der Waals surface area contributed by atoms with Gasteiger partial charge in [0.1, 0.15) is 5.75 Å². The van der Waals surface area contributed by atoms with Crippen molar-refractivity contribution in [3.8, 4) is 5.75 Å². The van der Waals surface area contributed by atoms with Crippen molar-refractivity contribution in [1.29, 1.82) is 0 Å². The molecule has 1 N–H and O–H groups in total. The second kappa shape index (κ2) is 6.48. The summed E-state index contributed by atoms with van der Waals surface area (Å²) in [5.41, 5.74) is 3.36. The summed E-state index contributed by atoms with van der Waals surface area (Å²) in [4.78, 5) is 0. The minimum Gasteiger partial charge on any atom is -0.494 e. The van der Waals surface area contributed by atoms with Crippen molar-refractivity contribution in [3.63, 3.8) is 0 Å². The summed E-state index contributed by atoms with van der Waals surface area (Å²) in [7, 11) is 0. The molecule has 0 unspecified atom stereocenters. The number of anilines is 1. The Morgan fingerprint density at radius 3 is 2.53 bits per heavy atom. The summed E-state index contributed by atoms with van der Waals surface area (Å²) >= 11 is 6.09. The molecule has 0 aliphatic rings. The molecule has 3 heteroatoms. The van der Waals surface area contributed by atoms with Crippen LogP contribution in [-0.2, 0) is 6.54 Å². The first-order chi connectivity index (χ1) is 9.20. The lowest BCUT2D eigenvalue weighted by molar-refractivity contribution is 0.340. The Morgan fingerprint density at radius 1 is 1.11 bits per heavy atom. The molecule has 0 atom stereocenters. The molecule has 2 rings (SSSR count). The minimum atomic E-state index is 0.694. The van der Waals surface area contributed by atoms with E-state index in [0.29, 0.717) is 6.61 Å². The van der Waals surface area contributed by atoms with Crippen LogP contribution in [0.2, 0.25) is 5.02 Å². The van der Waals surface area contributed by atoms with Gasteiger partial charge in [0.15, 0.2) is 0 Å². The summed E-state index contributed by atoms with van der Waals surface area (Å²) in [6, 6.07) is 14.0. The number of benzene rings is 2. The first-order valence-electron chi connectivity index (χ1n) is 6.41. The fraction of sp³-hybridized carbons (Fsp3) is 0.250. The molecule has 0 aliphatic heterocycles. The largest absolute Gasteiger partial charge is 0.494 e. The number of hydrogen-bond acceptors (Lipinski definition) is 2. The molecule has 0 radical (unpaired) electrons. The first-order valence-corrected chi connectivity index (χ1v) is 6.79. The average molecular weight is 276 g/mol. The zero-order valence-corrected chi connectivity index (χ0v) is 12.0. The highest BCUT2D eigenvalue weighted by Gasteiger charge is 2.01. The van der Waals surface area contributed by atoms with Crippen LogP contribution in [0.4, 0.5) is 5.69 Å². The Morgan fingerprint density at radius 2 is 1.84 bits per heavy atom. The molecule has 0 saturated heterocycles. The number of halogens is 1. The van der Waals surface area contributed by atoms with Gasteiger partial charge >= 0.3 is 0 Å². The monoisotopic (exact) mass is 275 g/mol. The Kier molecular flexibility index (Phi) is 4.69. The summed E-state index contributed by atoms with van der Waals surface area (Å²) in [6.07, 6.45) is 0. The van der Waals surface area contributed by atoms with Crippen molar-refractivity contribution >= 4 is 17.3 Å². The molecule has 2 aromatic rings. The summed E-state index contributed by atoms with van der Waals surface area (Å²) in [5, 5.41) is 4.18. The molecular weight excluding hydrogens is 258 g/mol. The lowest BCUT2D eigenvalue weighted by atomic mass is 10.1. The Labute approximate surface area is 119 Å². The number of rotatable bonds is 5. The summed E-state index contributed by atoms with van der Waals surface area (Å²) in [5.74, 6) is 0.908. The van der Waals surface area contributed by atoms with Crippen LogP contribution in [-0.4, -0.2) is 6.61 Å². The normalized spacial score (nSPS) is 10.3. The molecule has 19 heavy (non-hydrogen) atoms. The average Bonchev–Trinajstić information content (AvgIpc) is 2.42. The van der Waals surface area contributed by atoms with E-state index in [1.54, 1.807) is 0 Å². The van der Waals surface area contributed by atoms with Crippen molar-refractivity contribution in [3.05, 3.63) is 58.6 Å². The maximum atomic E-state index is 6.09. The van der Waals surface area contributed by atoms with Gasteiger partial charge in [-0.15, -0.1) is 0 Å². The Hall–Kier alpha value is -1.67. The maximum absolute atomic E-state index is 6.09. The van der Waals surface area contributed by atoms with Gasteiger partial charge < -0.3 is 10.1 Å². The predicted octanol–water partition coefficient (Wildman–Crippen LogP) is 4.66. The van der Waals surface area contributed by atoms with E-state index < -0.39 is 0 Å². The zero-order valence-electron chi connectivity index (χ0n) is 11.2. The molecule has 0 saturated carbocycles. The van der Waals surface area contributed by atoms with Crippen molar-refractivity contribution in [1.82, 2.24) is 0 Å². The SMILES string of the molecule is CCOc1ccc(CNc2cccc(Cl)c2C)cc1. The predicted molar refractivity (Wildman–Crippen MR) is 81.1 cm³/mol. The molecule has 0 heterocycles. The highest BCUT2D eigenvalue weighted by Crippen LogP contribution is 2.23. The highest BCUT2D eigenvalue weighted by molar-refractivity contribution is 6.31. The van der Waals surface area contributed by atoms with Crippen LogP contribution in [0.25, 0.3) is 0 Å². The van der Waals surface area contributed by atoms with Crippen molar-refractivity contribution < 1.29 is 4.74 Å². The fourth-order valence-corrected chi connectivity index (χ4v) is 2.04. The number of ether oxygens (including phenoxy) is 1. The third-order valence-corrected chi connectivity index (χ3v) is 3.39. The number of hydrogen-bond donors (Lipinski definition) is 1. The summed E-state index contributed by atoms with van der Waals surface area (Å²) < 4.78 is 5.42. The van der Waals surface area contributed by atoms with Gasteiger partial charge in [0.05, 0.1) is 6.61 Å². The van der Waals surface area contributed by atoms with Crippen LogP contribution >= 0.6 is 11.6 Å². The van der Waals surface area contributed by atoms with Gasteiger partial charge in [0.25, 0.3) is 0 Å². The Balaban J connectivity index is 2.00. The van der Waals surface area contributed by atoms with Crippen LogP contribution < -0.4 is 10.1 Å². The van der Waals surface area contributed by atoms with Crippen LogP contribution in [0.3, 0.4) is 0 Å². The van der Waals surface area contributed by atoms with E-state index in [9.17, 15) is 0 Å². The van der Waals surface area contributed by atoms with Crippen molar-refractivity contribution in [2.45, 2.75) is 20.4 Å². The molecule has 2 nitrogen and oxygen atoms in total. The Bertz CT molecular complexity index is 537. The van der Waals surface area contributed by atoms with E-state index >= 15 is 0 Å². The standard InChI is InChI=1S/C16H18ClNO/c1-3-19-14-9-7-13(8-10-14)11-18-16-6-4-5-15(17)12(16)2/h4-10,18H,3,11H2,1-2H3. The highest BCUT2D eigenvalue weighted by atomic mass is 35.5. The van der Waals surface area contributed by atoms with Crippen LogP contribution in [0.1, 0.15) is 18.1 Å². The molecule has 0 spiro atoms. The van der Waals surface area contributed by atoms with E-state index in [0.717, 1.165) is 28.6 Å². The minimum absolute atomic E-state index is 0.694. The molecule has 100 valence electrons. The first kappa shape index (κ1) is 13.8. The fourth-order valence-electron chi connectivity index (χ4n) is 1.87. The lowest BCUT2D eigenvalue weighted by Gasteiger charge is -2.11. The van der Waals surface area contributed by atoms with E-state index in [1.807, 2.05) is 44.2 Å². The molecule has 0 bridgehead atoms. The second-order valence-electron chi connectivity index (χ2n) is 4.34. The maximum Gasteiger partial charge on any atom is 0.119 e. The van der Waals surface area contributed by atoms with Gasteiger partial charge in [0, 0.05) is 17.3 Å². The molecular formula is C16H18ClNO. The molecule has 2 aromatic carbocycles. The van der Waals surface area contributed by atoms with Gasteiger partial charge in [0.2, 0.25) is 0 Å². The van der Waals surface area contributed by atoms with Crippen LogP contribution in [0.5, 0.6) is 5.75 Å². The van der Waals surface area contributed by atoms with Gasteiger partial charge in [-0.1, -0.05) is 29.8 Å². The molecule has 0 amide bonds. The van der Waals surface area contributed by atoms with Crippen LogP contribution in [0.15, 0.2) is 42.5 Å².